The second kappa shape index (κ2) is 6.09. The molecule has 1 aliphatic heterocycles. The number of pyridine rings is 1. The second-order valence-electron chi connectivity index (χ2n) is 5.74. The van der Waals surface area contributed by atoms with Crippen LogP contribution in [-0.2, 0) is 4.79 Å². The molecular weight excluding hydrogens is 324 g/mol. The first-order valence-electron chi connectivity index (χ1n) is 7.71. The fourth-order valence-corrected chi connectivity index (χ4v) is 3.29. The lowest BCUT2D eigenvalue weighted by Gasteiger charge is -2.18. The summed E-state index contributed by atoms with van der Waals surface area (Å²) in [5.41, 5.74) is 1.82. The minimum Gasteiger partial charge on any atom is -0.326 e. The number of rotatable bonds is 3. The number of hydrogen-bond donors (Lipinski definition) is 0. The summed E-state index contributed by atoms with van der Waals surface area (Å²) in [6, 6.07) is 11.3. The van der Waals surface area contributed by atoms with Crippen LogP contribution in [0.25, 0.3) is 11.4 Å². The number of amides is 1. The van der Waals surface area contributed by atoms with Crippen LogP contribution in [0.5, 0.6) is 0 Å². The van der Waals surface area contributed by atoms with E-state index >= 15 is 0 Å². The van der Waals surface area contributed by atoms with Crippen LogP contribution in [0.15, 0.2) is 61.2 Å². The monoisotopic (exact) mass is 338 g/mol. The molecule has 24 heavy (non-hydrogen) atoms. The Morgan fingerprint density at radius 2 is 1.96 bits per heavy atom. The van der Waals surface area contributed by atoms with Gasteiger partial charge < -0.3 is 9.47 Å². The smallest absolute Gasteiger partial charge is 0.229 e. The maximum Gasteiger partial charge on any atom is 0.229 e. The van der Waals surface area contributed by atoms with E-state index in [4.69, 9.17) is 11.6 Å². The summed E-state index contributed by atoms with van der Waals surface area (Å²) in [4.78, 5) is 22.8. The van der Waals surface area contributed by atoms with Gasteiger partial charge in [-0.05, 0) is 30.3 Å². The molecule has 1 amide bonds. The lowest BCUT2D eigenvalue weighted by atomic mass is 10.2. The van der Waals surface area contributed by atoms with Crippen LogP contribution in [-0.4, -0.2) is 27.0 Å². The SMILES string of the molecule is O=C1CC(n2ccnc2-c2ccncc2)CN1c1cccc(Cl)c1. The molecule has 0 spiro atoms. The van der Waals surface area contributed by atoms with Crippen LogP contribution in [0.4, 0.5) is 5.69 Å². The minimum absolute atomic E-state index is 0.0437. The molecule has 1 atom stereocenters. The first kappa shape index (κ1) is 14.9. The van der Waals surface area contributed by atoms with Gasteiger partial charge in [0.25, 0.3) is 0 Å². The lowest BCUT2D eigenvalue weighted by Crippen LogP contribution is -2.24. The molecule has 0 N–H and O–H groups in total. The average Bonchev–Trinajstić information content (AvgIpc) is 3.22. The van der Waals surface area contributed by atoms with Gasteiger partial charge in [0.1, 0.15) is 5.82 Å². The van der Waals surface area contributed by atoms with E-state index in [0.717, 1.165) is 17.1 Å². The minimum atomic E-state index is 0.0437. The third kappa shape index (κ3) is 2.67. The molecule has 6 heteroatoms. The Kier molecular flexibility index (Phi) is 3.78. The van der Waals surface area contributed by atoms with Crippen molar-refractivity contribution in [2.24, 2.45) is 0 Å². The number of carbonyl (C=O) groups excluding carboxylic acids is 1. The molecule has 1 saturated heterocycles. The average molecular weight is 339 g/mol. The number of halogens is 1. The van der Waals surface area contributed by atoms with E-state index < -0.39 is 0 Å². The van der Waals surface area contributed by atoms with E-state index in [0.29, 0.717) is 18.0 Å². The lowest BCUT2D eigenvalue weighted by molar-refractivity contribution is -0.117. The number of anilines is 1. The summed E-state index contributed by atoms with van der Waals surface area (Å²) in [6.07, 6.45) is 7.62. The van der Waals surface area contributed by atoms with Crippen molar-refractivity contribution < 1.29 is 4.79 Å². The van der Waals surface area contributed by atoms with E-state index in [2.05, 4.69) is 14.5 Å². The predicted octanol–water partition coefficient (Wildman–Crippen LogP) is 3.58. The second-order valence-corrected chi connectivity index (χ2v) is 6.17. The Morgan fingerprint density at radius 3 is 2.75 bits per heavy atom. The zero-order chi connectivity index (χ0) is 16.5. The molecule has 4 rings (SSSR count). The molecule has 0 saturated carbocycles. The van der Waals surface area contributed by atoms with Crippen molar-refractivity contribution in [3.8, 4) is 11.4 Å². The van der Waals surface area contributed by atoms with Gasteiger partial charge in [0, 0.05) is 54.0 Å². The van der Waals surface area contributed by atoms with Gasteiger partial charge in [0.2, 0.25) is 5.91 Å². The molecule has 5 nitrogen and oxygen atoms in total. The predicted molar refractivity (Wildman–Crippen MR) is 92.9 cm³/mol. The van der Waals surface area contributed by atoms with Crippen molar-refractivity contribution >= 4 is 23.2 Å². The number of imidazole rings is 1. The highest BCUT2D eigenvalue weighted by molar-refractivity contribution is 6.30. The third-order valence-electron chi connectivity index (χ3n) is 4.23. The summed E-state index contributed by atoms with van der Waals surface area (Å²) >= 11 is 6.05. The number of aromatic nitrogens is 3. The van der Waals surface area contributed by atoms with Crippen molar-refractivity contribution in [1.82, 2.24) is 14.5 Å². The van der Waals surface area contributed by atoms with Crippen molar-refractivity contribution in [2.45, 2.75) is 12.5 Å². The van der Waals surface area contributed by atoms with E-state index in [9.17, 15) is 4.79 Å². The van der Waals surface area contributed by atoms with E-state index in [1.807, 2.05) is 36.5 Å². The van der Waals surface area contributed by atoms with Gasteiger partial charge in [-0.2, -0.15) is 0 Å². The van der Waals surface area contributed by atoms with Crippen molar-refractivity contribution in [2.75, 3.05) is 11.4 Å². The van der Waals surface area contributed by atoms with Gasteiger partial charge in [-0.3, -0.25) is 9.78 Å². The summed E-state index contributed by atoms with van der Waals surface area (Å²) in [6.45, 7) is 0.605. The highest BCUT2D eigenvalue weighted by Crippen LogP contribution is 2.32. The Labute approximate surface area is 144 Å². The molecule has 1 fully saturated rings. The Hall–Kier alpha value is -2.66. The molecule has 120 valence electrons. The number of hydrogen-bond acceptors (Lipinski definition) is 3. The highest BCUT2D eigenvalue weighted by Gasteiger charge is 2.32. The topological polar surface area (TPSA) is 51.0 Å². The molecule has 0 bridgehead atoms. The maximum atomic E-state index is 12.5. The molecule has 0 radical (unpaired) electrons. The van der Waals surface area contributed by atoms with Crippen LogP contribution >= 0.6 is 11.6 Å². The van der Waals surface area contributed by atoms with Crippen LogP contribution in [0.2, 0.25) is 5.02 Å². The van der Waals surface area contributed by atoms with E-state index in [1.54, 1.807) is 29.6 Å². The Bertz CT molecular complexity index is 877. The fraction of sp³-hybridized carbons (Fsp3) is 0.167. The molecule has 0 aliphatic carbocycles. The van der Waals surface area contributed by atoms with Crippen LogP contribution in [0.1, 0.15) is 12.5 Å². The molecule has 1 aliphatic rings. The molecule has 1 aromatic carbocycles. The number of nitrogens with zero attached hydrogens (tertiary/aromatic N) is 4. The van der Waals surface area contributed by atoms with E-state index in [-0.39, 0.29) is 11.9 Å². The summed E-state index contributed by atoms with van der Waals surface area (Å²) in [5, 5.41) is 0.629. The number of carbonyl (C=O) groups is 1. The first-order valence-corrected chi connectivity index (χ1v) is 8.09. The first-order chi connectivity index (χ1) is 11.7. The van der Waals surface area contributed by atoms with Crippen LogP contribution in [0.3, 0.4) is 0 Å². The maximum absolute atomic E-state index is 12.5. The van der Waals surface area contributed by atoms with Crippen LogP contribution in [0, 0.1) is 0 Å². The van der Waals surface area contributed by atoms with Crippen molar-refractivity contribution in [1.29, 1.82) is 0 Å². The zero-order valence-corrected chi connectivity index (χ0v) is 13.6. The van der Waals surface area contributed by atoms with Gasteiger partial charge in [0.05, 0.1) is 6.04 Å². The molecule has 1 unspecified atom stereocenters. The molecule has 2 aromatic heterocycles. The number of benzene rings is 1. The Morgan fingerprint density at radius 1 is 1.12 bits per heavy atom. The summed E-state index contributed by atoms with van der Waals surface area (Å²) < 4.78 is 2.07. The molecule has 3 heterocycles. The van der Waals surface area contributed by atoms with Crippen molar-refractivity contribution in [3.63, 3.8) is 0 Å². The largest absolute Gasteiger partial charge is 0.326 e. The van der Waals surface area contributed by atoms with Crippen LogP contribution < -0.4 is 4.90 Å². The molecule has 3 aromatic rings. The van der Waals surface area contributed by atoms with Crippen molar-refractivity contribution in [3.05, 3.63) is 66.2 Å². The summed E-state index contributed by atoms with van der Waals surface area (Å²) in [7, 11) is 0. The third-order valence-corrected chi connectivity index (χ3v) is 4.46. The zero-order valence-electron chi connectivity index (χ0n) is 12.8. The normalized spacial score (nSPS) is 17.5. The van der Waals surface area contributed by atoms with Gasteiger partial charge >= 0.3 is 0 Å². The standard InChI is InChI=1S/C18H15ClN4O/c19-14-2-1-3-15(10-14)23-12-16(11-17(23)24)22-9-8-21-18(22)13-4-6-20-7-5-13/h1-10,16H,11-12H2. The summed E-state index contributed by atoms with van der Waals surface area (Å²) in [5.74, 6) is 0.944. The Balaban J connectivity index is 1.64. The van der Waals surface area contributed by atoms with Gasteiger partial charge in [-0.15, -0.1) is 0 Å². The van der Waals surface area contributed by atoms with Gasteiger partial charge in [-0.25, -0.2) is 4.98 Å². The van der Waals surface area contributed by atoms with Gasteiger partial charge in [0.15, 0.2) is 0 Å². The van der Waals surface area contributed by atoms with E-state index in [1.165, 1.54) is 0 Å². The quantitative estimate of drug-likeness (QED) is 0.733. The van der Waals surface area contributed by atoms with Gasteiger partial charge in [-0.1, -0.05) is 17.7 Å². The fourth-order valence-electron chi connectivity index (χ4n) is 3.10. The molecular formula is C18H15ClN4O. The highest BCUT2D eigenvalue weighted by atomic mass is 35.5.